The number of amides is 1. The van der Waals surface area contributed by atoms with Crippen molar-refractivity contribution in [3.05, 3.63) is 35.1 Å². The van der Waals surface area contributed by atoms with Crippen LogP contribution in [0.4, 0.5) is 4.39 Å². The van der Waals surface area contributed by atoms with Crippen molar-refractivity contribution in [2.24, 2.45) is 0 Å². The topological polar surface area (TPSA) is 41.1 Å². The molecule has 118 valence electrons. The van der Waals surface area contributed by atoms with E-state index in [2.05, 4.69) is 10.6 Å². The minimum absolute atomic E-state index is 0. The highest BCUT2D eigenvalue weighted by Crippen LogP contribution is 2.25. The van der Waals surface area contributed by atoms with Gasteiger partial charge in [0.05, 0.1) is 11.6 Å². The molecular formula is C16H24ClFN2O. The Morgan fingerprint density at radius 1 is 1.52 bits per heavy atom. The summed E-state index contributed by atoms with van der Waals surface area (Å²) in [7, 11) is 0. The molecule has 3 nitrogen and oxygen atoms in total. The van der Waals surface area contributed by atoms with Crippen LogP contribution in [-0.2, 0) is 4.79 Å². The molecule has 21 heavy (non-hydrogen) atoms. The van der Waals surface area contributed by atoms with Crippen molar-refractivity contribution in [3.8, 4) is 0 Å². The van der Waals surface area contributed by atoms with Crippen LogP contribution in [0.25, 0.3) is 0 Å². The van der Waals surface area contributed by atoms with E-state index in [0.717, 1.165) is 31.4 Å². The van der Waals surface area contributed by atoms with E-state index in [1.165, 1.54) is 6.07 Å². The smallest absolute Gasteiger partial charge is 0.240 e. The first-order chi connectivity index (χ1) is 9.48. The number of hydrogen-bond donors (Lipinski definition) is 2. The third-order valence-electron chi connectivity index (χ3n) is 4.33. The highest BCUT2D eigenvalue weighted by atomic mass is 35.5. The van der Waals surface area contributed by atoms with Gasteiger partial charge in [-0.1, -0.05) is 19.1 Å². The monoisotopic (exact) mass is 314 g/mol. The van der Waals surface area contributed by atoms with Crippen molar-refractivity contribution in [1.29, 1.82) is 0 Å². The van der Waals surface area contributed by atoms with E-state index in [9.17, 15) is 9.18 Å². The van der Waals surface area contributed by atoms with Gasteiger partial charge in [-0.3, -0.25) is 4.79 Å². The van der Waals surface area contributed by atoms with Gasteiger partial charge in [0.15, 0.2) is 0 Å². The number of nitrogens with one attached hydrogen (secondary N) is 2. The molecule has 1 aromatic rings. The van der Waals surface area contributed by atoms with Crippen LogP contribution in [0.15, 0.2) is 18.2 Å². The van der Waals surface area contributed by atoms with Gasteiger partial charge in [-0.2, -0.15) is 0 Å². The molecule has 1 saturated heterocycles. The van der Waals surface area contributed by atoms with Crippen LogP contribution in [0.2, 0.25) is 0 Å². The molecule has 1 amide bonds. The lowest BCUT2D eigenvalue weighted by Crippen LogP contribution is -2.53. The van der Waals surface area contributed by atoms with Crippen LogP contribution in [0.3, 0.4) is 0 Å². The zero-order valence-electron chi connectivity index (χ0n) is 12.8. The number of halogens is 2. The number of rotatable bonds is 4. The molecule has 1 fully saturated rings. The Morgan fingerprint density at radius 3 is 2.76 bits per heavy atom. The predicted molar refractivity (Wildman–Crippen MR) is 85.2 cm³/mol. The van der Waals surface area contributed by atoms with Gasteiger partial charge in [0.25, 0.3) is 0 Å². The Balaban J connectivity index is 0.00000220. The molecule has 1 aromatic carbocycles. The van der Waals surface area contributed by atoms with Crippen molar-refractivity contribution in [2.75, 3.05) is 6.54 Å². The van der Waals surface area contributed by atoms with E-state index in [4.69, 9.17) is 0 Å². The van der Waals surface area contributed by atoms with Crippen LogP contribution in [0.1, 0.15) is 50.3 Å². The molecule has 1 aliphatic rings. The summed E-state index contributed by atoms with van der Waals surface area (Å²) in [6.45, 7) is 6.53. The molecule has 0 radical (unpaired) electrons. The predicted octanol–water partition coefficient (Wildman–Crippen LogP) is 3.27. The number of aryl methyl sites for hydroxylation is 1. The lowest BCUT2D eigenvalue weighted by Gasteiger charge is -2.28. The Bertz CT molecular complexity index is 501. The van der Waals surface area contributed by atoms with Crippen molar-refractivity contribution < 1.29 is 9.18 Å². The summed E-state index contributed by atoms with van der Waals surface area (Å²) >= 11 is 0. The summed E-state index contributed by atoms with van der Waals surface area (Å²) in [4.78, 5) is 12.5. The zero-order valence-corrected chi connectivity index (χ0v) is 13.6. The molecule has 2 unspecified atom stereocenters. The molecule has 5 heteroatoms. The van der Waals surface area contributed by atoms with Gasteiger partial charge in [-0.05, 0) is 56.8 Å². The van der Waals surface area contributed by atoms with E-state index in [1.54, 1.807) is 13.0 Å². The lowest BCUT2D eigenvalue weighted by atomic mass is 9.92. The van der Waals surface area contributed by atoms with Crippen LogP contribution < -0.4 is 10.6 Å². The Morgan fingerprint density at radius 2 is 2.24 bits per heavy atom. The minimum atomic E-state index is -0.447. The average molecular weight is 315 g/mol. The van der Waals surface area contributed by atoms with Crippen molar-refractivity contribution in [1.82, 2.24) is 10.6 Å². The number of carbonyl (C=O) groups is 1. The molecule has 1 aliphatic heterocycles. The largest absolute Gasteiger partial charge is 0.348 e. The summed E-state index contributed by atoms with van der Waals surface area (Å²) < 4.78 is 13.6. The van der Waals surface area contributed by atoms with Crippen molar-refractivity contribution in [2.45, 2.75) is 51.6 Å². The van der Waals surface area contributed by atoms with Gasteiger partial charge in [-0.25, -0.2) is 4.39 Å². The van der Waals surface area contributed by atoms with E-state index in [0.29, 0.717) is 5.56 Å². The number of hydrogen-bond acceptors (Lipinski definition) is 2. The fraction of sp³-hybridized carbons (Fsp3) is 0.562. The summed E-state index contributed by atoms with van der Waals surface area (Å²) in [6, 6.07) is 4.92. The normalized spacial score (nSPS) is 22.5. The van der Waals surface area contributed by atoms with Crippen LogP contribution in [0, 0.1) is 12.7 Å². The van der Waals surface area contributed by atoms with Gasteiger partial charge in [0.1, 0.15) is 5.82 Å². The van der Waals surface area contributed by atoms with Crippen molar-refractivity contribution >= 4 is 18.3 Å². The average Bonchev–Trinajstić information content (AvgIpc) is 2.91. The van der Waals surface area contributed by atoms with Crippen LogP contribution >= 0.6 is 12.4 Å². The highest BCUT2D eigenvalue weighted by Gasteiger charge is 2.39. The van der Waals surface area contributed by atoms with Gasteiger partial charge >= 0.3 is 0 Å². The first-order valence-corrected chi connectivity index (χ1v) is 7.30. The summed E-state index contributed by atoms with van der Waals surface area (Å²) in [5.74, 6) is -0.209. The maximum Gasteiger partial charge on any atom is 0.240 e. The first-order valence-electron chi connectivity index (χ1n) is 7.30. The summed E-state index contributed by atoms with van der Waals surface area (Å²) in [5, 5.41) is 6.32. The molecule has 2 rings (SSSR count). The fourth-order valence-corrected chi connectivity index (χ4v) is 2.76. The minimum Gasteiger partial charge on any atom is -0.348 e. The Hall–Kier alpha value is -1.13. The molecule has 0 bridgehead atoms. The number of carbonyl (C=O) groups excluding carboxylic acids is 1. The van der Waals surface area contributed by atoms with Gasteiger partial charge in [0.2, 0.25) is 5.91 Å². The van der Waals surface area contributed by atoms with E-state index in [1.807, 2.05) is 19.9 Å². The van der Waals surface area contributed by atoms with Gasteiger partial charge in [-0.15, -0.1) is 12.4 Å². The Labute approximate surface area is 132 Å². The standard InChI is InChI=1S/C16H23FN2O.ClH/c1-4-16(8-5-9-18-16)15(20)19-12(3)13-7-6-11(2)14(17)10-13;/h6-7,10,12,18H,4-5,8-9H2,1-3H3,(H,19,20);1H. The third-order valence-corrected chi connectivity index (χ3v) is 4.33. The van der Waals surface area contributed by atoms with E-state index < -0.39 is 5.54 Å². The fourth-order valence-electron chi connectivity index (χ4n) is 2.76. The highest BCUT2D eigenvalue weighted by molar-refractivity contribution is 5.87. The molecule has 0 aliphatic carbocycles. The zero-order chi connectivity index (χ0) is 14.8. The molecule has 2 N–H and O–H groups in total. The maximum absolute atomic E-state index is 13.6. The number of benzene rings is 1. The van der Waals surface area contributed by atoms with Crippen LogP contribution in [0.5, 0.6) is 0 Å². The molecule has 0 spiro atoms. The van der Waals surface area contributed by atoms with Crippen LogP contribution in [-0.4, -0.2) is 18.0 Å². The molecule has 0 saturated carbocycles. The molecule has 0 aromatic heterocycles. The van der Waals surface area contributed by atoms with Crippen molar-refractivity contribution in [3.63, 3.8) is 0 Å². The lowest BCUT2D eigenvalue weighted by molar-refractivity contribution is -0.128. The summed E-state index contributed by atoms with van der Waals surface area (Å²) in [6.07, 6.45) is 2.66. The second-order valence-corrected chi connectivity index (χ2v) is 5.67. The molecule has 1 heterocycles. The van der Waals surface area contributed by atoms with Gasteiger partial charge in [0, 0.05) is 0 Å². The van der Waals surface area contributed by atoms with E-state index in [-0.39, 0.29) is 30.2 Å². The molecular weight excluding hydrogens is 291 g/mol. The second-order valence-electron chi connectivity index (χ2n) is 5.67. The van der Waals surface area contributed by atoms with Gasteiger partial charge < -0.3 is 10.6 Å². The maximum atomic E-state index is 13.6. The first kappa shape index (κ1) is 17.9. The SMILES string of the molecule is CCC1(C(=O)NC(C)c2ccc(C)c(F)c2)CCCN1.Cl. The van der Waals surface area contributed by atoms with E-state index >= 15 is 0 Å². The Kier molecular flexibility index (Phi) is 6.17. The second kappa shape index (κ2) is 7.23. The third kappa shape index (κ3) is 3.74. The quantitative estimate of drug-likeness (QED) is 0.895. The molecule has 2 atom stereocenters. The summed E-state index contributed by atoms with van der Waals surface area (Å²) in [5.41, 5.74) is 0.970.